The number of hydrogen-bond donors (Lipinski definition) is 4. The van der Waals surface area contributed by atoms with Gasteiger partial charge in [-0.25, -0.2) is 4.79 Å². The highest BCUT2D eigenvalue weighted by Gasteiger charge is 2.21. The van der Waals surface area contributed by atoms with E-state index >= 15 is 0 Å². The van der Waals surface area contributed by atoms with Gasteiger partial charge in [-0.15, -0.1) is 0 Å². The van der Waals surface area contributed by atoms with E-state index in [1.165, 1.54) is 18.2 Å². The number of hydrogen-bond acceptors (Lipinski definition) is 4. The number of aliphatic hydroxyl groups is 3. The van der Waals surface area contributed by atoms with Crippen LogP contribution in [0, 0.1) is 0 Å². The van der Waals surface area contributed by atoms with Crippen molar-refractivity contribution in [1.29, 1.82) is 0 Å². The van der Waals surface area contributed by atoms with Gasteiger partial charge in [0.2, 0.25) is 0 Å². The molecule has 0 bridgehead atoms. The van der Waals surface area contributed by atoms with Crippen LogP contribution in [0.5, 0.6) is 0 Å². The van der Waals surface area contributed by atoms with Crippen LogP contribution in [-0.2, 0) is 0 Å². The minimum atomic E-state index is -1.25. The highest BCUT2D eigenvalue weighted by molar-refractivity contribution is 6.31. The van der Waals surface area contributed by atoms with Crippen LogP contribution >= 0.6 is 11.6 Å². The molecule has 2 unspecified atom stereocenters. The van der Waals surface area contributed by atoms with Gasteiger partial charge in [0.25, 0.3) is 0 Å². The van der Waals surface area contributed by atoms with E-state index in [1.54, 1.807) is 0 Å². The molecule has 2 atom stereocenters. The zero-order valence-corrected chi connectivity index (χ0v) is 9.63. The van der Waals surface area contributed by atoms with Gasteiger partial charge in [0, 0.05) is 17.2 Å². The molecule has 0 radical (unpaired) electrons. The second-order valence-corrected chi connectivity index (χ2v) is 3.97. The molecule has 0 saturated heterocycles. The summed E-state index contributed by atoms with van der Waals surface area (Å²) in [7, 11) is 0. The quantitative estimate of drug-likeness (QED) is 0.628. The number of aliphatic hydroxyl groups excluding tert-OH is 3. The molecule has 0 heterocycles. The zero-order valence-electron chi connectivity index (χ0n) is 8.88. The van der Waals surface area contributed by atoms with Crippen molar-refractivity contribution in [2.24, 2.45) is 0 Å². The van der Waals surface area contributed by atoms with Crippen molar-refractivity contribution < 1.29 is 25.2 Å². The molecule has 1 rings (SSSR count). The number of aromatic carboxylic acids is 1. The molecule has 17 heavy (non-hydrogen) atoms. The van der Waals surface area contributed by atoms with Gasteiger partial charge in [-0.05, 0) is 18.6 Å². The largest absolute Gasteiger partial charge is 0.478 e. The van der Waals surface area contributed by atoms with E-state index in [0.29, 0.717) is 0 Å². The fourth-order valence-electron chi connectivity index (χ4n) is 1.40. The van der Waals surface area contributed by atoms with Crippen molar-refractivity contribution in [3.8, 4) is 0 Å². The average molecular weight is 261 g/mol. The van der Waals surface area contributed by atoms with Crippen LogP contribution in [-0.4, -0.2) is 39.1 Å². The molecule has 0 aromatic heterocycles. The normalized spacial score (nSPS) is 14.4. The predicted octanol–water partition coefficient (Wildman–Crippen LogP) is 0.815. The maximum absolute atomic E-state index is 10.7. The maximum Gasteiger partial charge on any atom is 0.335 e. The number of carbonyl (C=O) groups is 1. The summed E-state index contributed by atoms with van der Waals surface area (Å²) in [4.78, 5) is 10.7. The molecule has 6 heteroatoms. The molecule has 5 nitrogen and oxygen atoms in total. The SMILES string of the molecule is O=C(O)c1ccc(C(O)C(O)CCO)c(Cl)c1. The molecular formula is C11H13ClO5. The Morgan fingerprint density at radius 1 is 1.35 bits per heavy atom. The summed E-state index contributed by atoms with van der Waals surface area (Å²) in [6, 6.07) is 3.84. The van der Waals surface area contributed by atoms with Crippen LogP contribution in [0.25, 0.3) is 0 Å². The van der Waals surface area contributed by atoms with E-state index in [2.05, 4.69) is 0 Å². The average Bonchev–Trinajstić information content (AvgIpc) is 2.28. The van der Waals surface area contributed by atoms with Crippen LogP contribution in [0.15, 0.2) is 18.2 Å². The molecular weight excluding hydrogens is 248 g/mol. The van der Waals surface area contributed by atoms with E-state index in [-0.39, 0.29) is 29.2 Å². The summed E-state index contributed by atoms with van der Waals surface area (Å²) in [5.41, 5.74) is 0.236. The Labute approximate surface area is 103 Å². The number of halogens is 1. The first-order chi connectivity index (χ1) is 7.97. The second-order valence-electron chi connectivity index (χ2n) is 3.57. The molecule has 1 aromatic carbocycles. The van der Waals surface area contributed by atoms with Gasteiger partial charge < -0.3 is 20.4 Å². The third-order valence-corrected chi connectivity index (χ3v) is 2.68. The molecule has 1 aromatic rings. The summed E-state index contributed by atoms with van der Waals surface area (Å²) in [5.74, 6) is -1.12. The van der Waals surface area contributed by atoms with Crippen LogP contribution < -0.4 is 0 Å². The van der Waals surface area contributed by atoms with Crippen LogP contribution in [0.3, 0.4) is 0 Å². The van der Waals surface area contributed by atoms with Crippen molar-refractivity contribution in [3.63, 3.8) is 0 Å². The van der Waals surface area contributed by atoms with Crippen molar-refractivity contribution >= 4 is 17.6 Å². The minimum Gasteiger partial charge on any atom is -0.478 e. The van der Waals surface area contributed by atoms with Gasteiger partial charge in [-0.1, -0.05) is 17.7 Å². The Morgan fingerprint density at radius 3 is 2.47 bits per heavy atom. The Hall–Kier alpha value is -1.14. The first-order valence-corrected chi connectivity index (χ1v) is 5.35. The molecule has 0 saturated carbocycles. The minimum absolute atomic E-state index is 0.00241. The number of benzene rings is 1. The lowest BCUT2D eigenvalue weighted by atomic mass is 10.0. The van der Waals surface area contributed by atoms with E-state index < -0.39 is 18.2 Å². The molecule has 4 N–H and O–H groups in total. The zero-order chi connectivity index (χ0) is 13.0. The third kappa shape index (κ3) is 3.41. The van der Waals surface area contributed by atoms with Crippen molar-refractivity contribution in [2.75, 3.05) is 6.61 Å². The van der Waals surface area contributed by atoms with Crippen LogP contribution in [0.1, 0.15) is 28.4 Å². The highest BCUT2D eigenvalue weighted by Crippen LogP contribution is 2.27. The topological polar surface area (TPSA) is 98.0 Å². The van der Waals surface area contributed by atoms with Gasteiger partial charge in [0.15, 0.2) is 0 Å². The smallest absolute Gasteiger partial charge is 0.335 e. The second kappa shape index (κ2) is 5.97. The monoisotopic (exact) mass is 260 g/mol. The van der Waals surface area contributed by atoms with Crippen LogP contribution in [0.4, 0.5) is 0 Å². The number of carboxylic acid groups (broad SMARTS) is 1. The van der Waals surface area contributed by atoms with E-state index in [9.17, 15) is 15.0 Å². The summed E-state index contributed by atoms with van der Waals surface area (Å²) in [6.07, 6.45) is -2.39. The molecule has 0 aliphatic carbocycles. The summed E-state index contributed by atoms with van der Waals surface area (Å²) >= 11 is 5.82. The fraction of sp³-hybridized carbons (Fsp3) is 0.364. The Balaban J connectivity index is 2.95. The van der Waals surface area contributed by atoms with E-state index in [4.69, 9.17) is 21.8 Å². The Kier molecular flexibility index (Phi) is 4.89. The summed E-state index contributed by atoms with van der Waals surface area (Å²) in [5, 5.41) is 36.7. The molecule has 0 spiro atoms. The lowest BCUT2D eigenvalue weighted by Crippen LogP contribution is -2.20. The van der Waals surface area contributed by atoms with Crippen molar-refractivity contribution in [2.45, 2.75) is 18.6 Å². The highest BCUT2D eigenvalue weighted by atomic mass is 35.5. The first-order valence-electron chi connectivity index (χ1n) is 4.97. The van der Waals surface area contributed by atoms with Gasteiger partial charge in [0.1, 0.15) is 6.10 Å². The molecule has 0 aliphatic heterocycles. The van der Waals surface area contributed by atoms with Crippen LogP contribution in [0.2, 0.25) is 5.02 Å². The van der Waals surface area contributed by atoms with Gasteiger partial charge in [-0.3, -0.25) is 0 Å². The lowest BCUT2D eigenvalue weighted by molar-refractivity contribution is 0.00426. The van der Waals surface area contributed by atoms with Gasteiger partial charge in [-0.2, -0.15) is 0 Å². The summed E-state index contributed by atoms with van der Waals surface area (Å²) in [6.45, 7) is -0.261. The fourth-order valence-corrected chi connectivity index (χ4v) is 1.69. The molecule has 94 valence electrons. The Bertz CT molecular complexity index is 407. The molecule has 0 fully saturated rings. The Morgan fingerprint density at radius 2 is 2.00 bits per heavy atom. The number of carboxylic acids is 1. The number of rotatable bonds is 5. The van der Waals surface area contributed by atoms with E-state index in [1.807, 2.05) is 0 Å². The van der Waals surface area contributed by atoms with Gasteiger partial charge >= 0.3 is 5.97 Å². The predicted molar refractivity (Wildman–Crippen MR) is 61.1 cm³/mol. The third-order valence-electron chi connectivity index (χ3n) is 2.36. The first kappa shape index (κ1) is 13.9. The van der Waals surface area contributed by atoms with E-state index in [0.717, 1.165) is 0 Å². The molecule has 0 aliphatic rings. The lowest BCUT2D eigenvalue weighted by Gasteiger charge is -2.18. The van der Waals surface area contributed by atoms with Crippen molar-refractivity contribution in [3.05, 3.63) is 34.3 Å². The molecule has 0 amide bonds. The maximum atomic E-state index is 10.7. The summed E-state index contributed by atoms with van der Waals surface area (Å²) < 4.78 is 0. The van der Waals surface area contributed by atoms with Gasteiger partial charge in [0.05, 0.1) is 11.7 Å². The van der Waals surface area contributed by atoms with Crippen molar-refractivity contribution in [1.82, 2.24) is 0 Å². The standard InChI is InChI=1S/C11H13ClO5/c12-8-5-6(11(16)17)1-2-7(8)10(15)9(14)3-4-13/h1-2,5,9-10,13-15H,3-4H2,(H,16,17).